The summed E-state index contributed by atoms with van der Waals surface area (Å²) in [5.74, 6) is 0.235. The van der Waals surface area contributed by atoms with Crippen LogP contribution in [0.15, 0.2) is 30.3 Å². The van der Waals surface area contributed by atoms with E-state index >= 15 is 0 Å². The summed E-state index contributed by atoms with van der Waals surface area (Å²) >= 11 is 0. The average Bonchev–Trinajstić information content (AvgIpc) is 2.76. The monoisotopic (exact) mass is 324 g/mol. The molecule has 120 valence electrons. The van der Waals surface area contributed by atoms with Crippen molar-refractivity contribution < 1.29 is 17.9 Å². The molecule has 1 aliphatic rings. The number of rotatable bonds is 5. The number of likely N-dealkylation sites (tertiary alicyclic amines) is 1. The fraction of sp³-hybridized carbons (Fsp3) is 0.571. The second-order valence-electron chi connectivity index (χ2n) is 5.11. The van der Waals surface area contributed by atoms with Crippen molar-refractivity contribution in [1.82, 2.24) is 4.90 Å². The van der Waals surface area contributed by atoms with E-state index in [4.69, 9.17) is 5.73 Å². The summed E-state index contributed by atoms with van der Waals surface area (Å²) in [6, 6.07) is 9.98. The molecular formula is C14H20ClF3N2O. The van der Waals surface area contributed by atoms with E-state index in [0.717, 1.165) is 6.54 Å². The standard InChI is InChI=1S/C14H19F3N2O.ClH/c15-14(16,17)10-20-7-6-19-8-12(13(18)9-19)11-4-2-1-3-5-11;/h1-5,12-13H,6-10,18H2;1H/t12-,13+;/m0./s1. The number of nitrogens with two attached hydrogens (primary N) is 1. The van der Waals surface area contributed by atoms with Crippen LogP contribution in [0.2, 0.25) is 0 Å². The summed E-state index contributed by atoms with van der Waals surface area (Å²) in [6.45, 7) is 0.825. The van der Waals surface area contributed by atoms with Gasteiger partial charge in [-0.25, -0.2) is 0 Å². The summed E-state index contributed by atoms with van der Waals surface area (Å²) < 4.78 is 40.5. The van der Waals surface area contributed by atoms with E-state index in [-0.39, 0.29) is 31.0 Å². The molecule has 1 saturated heterocycles. The van der Waals surface area contributed by atoms with Crippen LogP contribution in [0.4, 0.5) is 13.2 Å². The Bertz CT molecular complexity index is 416. The van der Waals surface area contributed by atoms with Gasteiger partial charge in [-0.2, -0.15) is 13.2 Å². The quantitative estimate of drug-likeness (QED) is 0.845. The van der Waals surface area contributed by atoms with Gasteiger partial charge >= 0.3 is 6.18 Å². The lowest BCUT2D eigenvalue weighted by atomic mass is 9.95. The lowest BCUT2D eigenvalue weighted by molar-refractivity contribution is -0.174. The van der Waals surface area contributed by atoms with E-state index in [1.165, 1.54) is 5.56 Å². The van der Waals surface area contributed by atoms with Crippen LogP contribution in [-0.4, -0.2) is 50.0 Å². The van der Waals surface area contributed by atoms with E-state index in [1.807, 2.05) is 30.3 Å². The Labute approximate surface area is 128 Å². The molecule has 1 aromatic carbocycles. The highest BCUT2D eigenvalue weighted by Crippen LogP contribution is 2.26. The first kappa shape index (κ1) is 18.2. The second kappa shape index (κ2) is 7.98. The number of ether oxygens (including phenoxy) is 1. The lowest BCUT2D eigenvalue weighted by Gasteiger charge is -2.16. The van der Waals surface area contributed by atoms with Crippen molar-refractivity contribution >= 4 is 12.4 Å². The lowest BCUT2D eigenvalue weighted by Crippen LogP contribution is -2.30. The van der Waals surface area contributed by atoms with Gasteiger partial charge in [-0.05, 0) is 5.56 Å². The SMILES string of the molecule is Cl.N[C@@H]1CN(CCOCC(F)(F)F)C[C@H]1c1ccccc1. The number of hydrogen-bond donors (Lipinski definition) is 1. The number of benzene rings is 1. The van der Waals surface area contributed by atoms with Gasteiger partial charge in [-0.15, -0.1) is 12.4 Å². The minimum atomic E-state index is -4.26. The molecule has 0 radical (unpaired) electrons. The highest BCUT2D eigenvalue weighted by Gasteiger charge is 2.31. The van der Waals surface area contributed by atoms with Crippen LogP contribution in [0.5, 0.6) is 0 Å². The largest absolute Gasteiger partial charge is 0.411 e. The van der Waals surface area contributed by atoms with Gasteiger partial charge in [0.15, 0.2) is 0 Å². The summed E-state index contributed by atoms with van der Waals surface area (Å²) in [5.41, 5.74) is 7.29. The molecule has 0 saturated carbocycles. The molecule has 1 aromatic rings. The molecular weight excluding hydrogens is 305 g/mol. The molecule has 0 unspecified atom stereocenters. The zero-order valence-electron chi connectivity index (χ0n) is 11.6. The van der Waals surface area contributed by atoms with Crippen molar-refractivity contribution in [2.75, 3.05) is 32.8 Å². The minimum absolute atomic E-state index is 0. The van der Waals surface area contributed by atoms with Crippen molar-refractivity contribution in [3.05, 3.63) is 35.9 Å². The van der Waals surface area contributed by atoms with Crippen molar-refractivity contribution in [1.29, 1.82) is 0 Å². The first-order valence-electron chi connectivity index (χ1n) is 6.63. The molecule has 2 atom stereocenters. The van der Waals surface area contributed by atoms with Gasteiger partial charge < -0.3 is 10.5 Å². The van der Waals surface area contributed by atoms with E-state index in [2.05, 4.69) is 9.64 Å². The molecule has 2 rings (SSSR count). The molecule has 21 heavy (non-hydrogen) atoms. The zero-order chi connectivity index (χ0) is 14.6. The summed E-state index contributed by atoms with van der Waals surface area (Å²) in [7, 11) is 0. The molecule has 0 spiro atoms. The highest BCUT2D eigenvalue weighted by atomic mass is 35.5. The van der Waals surface area contributed by atoms with Crippen molar-refractivity contribution in [3.63, 3.8) is 0 Å². The van der Waals surface area contributed by atoms with Gasteiger partial charge in [0.05, 0.1) is 6.61 Å². The van der Waals surface area contributed by atoms with Crippen LogP contribution in [0.1, 0.15) is 11.5 Å². The highest BCUT2D eigenvalue weighted by molar-refractivity contribution is 5.85. The molecule has 7 heteroatoms. The van der Waals surface area contributed by atoms with Crippen LogP contribution in [0, 0.1) is 0 Å². The minimum Gasteiger partial charge on any atom is -0.371 e. The smallest absolute Gasteiger partial charge is 0.371 e. The molecule has 1 fully saturated rings. The summed E-state index contributed by atoms with van der Waals surface area (Å²) in [6.07, 6.45) is -4.26. The third-order valence-electron chi connectivity index (χ3n) is 3.49. The Morgan fingerprint density at radius 1 is 1.19 bits per heavy atom. The molecule has 3 nitrogen and oxygen atoms in total. The molecule has 0 amide bonds. The number of hydrogen-bond acceptors (Lipinski definition) is 3. The third kappa shape index (κ3) is 5.82. The Balaban J connectivity index is 0.00000220. The third-order valence-corrected chi connectivity index (χ3v) is 3.49. The van der Waals surface area contributed by atoms with E-state index in [9.17, 15) is 13.2 Å². The number of halogens is 4. The van der Waals surface area contributed by atoms with Gasteiger partial charge in [-0.1, -0.05) is 30.3 Å². The van der Waals surface area contributed by atoms with E-state index in [1.54, 1.807) is 0 Å². The molecule has 2 N–H and O–H groups in total. The second-order valence-corrected chi connectivity index (χ2v) is 5.11. The van der Waals surface area contributed by atoms with Gasteiger partial charge in [-0.3, -0.25) is 4.90 Å². The Morgan fingerprint density at radius 2 is 1.86 bits per heavy atom. The maximum Gasteiger partial charge on any atom is 0.411 e. The molecule has 0 aromatic heterocycles. The fourth-order valence-corrected chi connectivity index (χ4v) is 2.53. The van der Waals surface area contributed by atoms with Gasteiger partial charge in [0.25, 0.3) is 0 Å². The average molecular weight is 325 g/mol. The molecule has 1 aliphatic heterocycles. The fourth-order valence-electron chi connectivity index (χ4n) is 2.53. The van der Waals surface area contributed by atoms with Crippen LogP contribution in [0.25, 0.3) is 0 Å². The first-order chi connectivity index (χ1) is 9.46. The zero-order valence-corrected chi connectivity index (χ0v) is 12.4. The Kier molecular flexibility index (Phi) is 6.93. The van der Waals surface area contributed by atoms with E-state index in [0.29, 0.717) is 13.1 Å². The molecule has 0 bridgehead atoms. The van der Waals surface area contributed by atoms with Gasteiger partial charge in [0, 0.05) is 31.6 Å². The normalized spacial score (nSPS) is 23.0. The Morgan fingerprint density at radius 3 is 2.48 bits per heavy atom. The maximum absolute atomic E-state index is 11.9. The van der Waals surface area contributed by atoms with Crippen LogP contribution in [-0.2, 0) is 4.74 Å². The van der Waals surface area contributed by atoms with Gasteiger partial charge in [0.2, 0.25) is 0 Å². The maximum atomic E-state index is 11.9. The predicted octanol–water partition coefficient (Wildman–Crippen LogP) is 2.41. The van der Waals surface area contributed by atoms with Crippen molar-refractivity contribution in [2.45, 2.75) is 18.1 Å². The summed E-state index contributed by atoms with van der Waals surface area (Å²) in [4.78, 5) is 2.05. The van der Waals surface area contributed by atoms with Crippen LogP contribution >= 0.6 is 12.4 Å². The Hall–Kier alpha value is -0.820. The number of nitrogens with zero attached hydrogens (tertiary/aromatic N) is 1. The van der Waals surface area contributed by atoms with E-state index < -0.39 is 12.8 Å². The first-order valence-corrected chi connectivity index (χ1v) is 6.63. The number of alkyl halides is 3. The molecule has 1 heterocycles. The van der Waals surface area contributed by atoms with Crippen LogP contribution in [0.3, 0.4) is 0 Å². The summed E-state index contributed by atoms with van der Waals surface area (Å²) in [5, 5.41) is 0. The molecule has 0 aliphatic carbocycles. The topological polar surface area (TPSA) is 38.5 Å². The van der Waals surface area contributed by atoms with Crippen molar-refractivity contribution in [3.8, 4) is 0 Å². The van der Waals surface area contributed by atoms with Crippen molar-refractivity contribution in [2.24, 2.45) is 5.73 Å². The predicted molar refractivity (Wildman–Crippen MR) is 77.7 cm³/mol. The van der Waals surface area contributed by atoms with Gasteiger partial charge in [0.1, 0.15) is 6.61 Å². The van der Waals surface area contributed by atoms with Crippen LogP contribution < -0.4 is 5.73 Å².